The molecule has 0 saturated heterocycles. The summed E-state index contributed by atoms with van der Waals surface area (Å²) in [6.45, 7) is 9.40. The van der Waals surface area contributed by atoms with Crippen LogP contribution < -0.4 is 0 Å². The van der Waals surface area contributed by atoms with Crippen LogP contribution in [-0.2, 0) is 0 Å². The van der Waals surface area contributed by atoms with Crippen LogP contribution in [0.3, 0.4) is 0 Å². The third-order valence-corrected chi connectivity index (χ3v) is 26.9. The second kappa shape index (κ2) is 37.3. The van der Waals surface area contributed by atoms with Gasteiger partial charge >= 0.3 is 282 Å². The number of hydrogen-bond donors (Lipinski definition) is 0. The van der Waals surface area contributed by atoms with Crippen molar-refractivity contribution in [1.29, 1.82) is 0 Å². The van der Waals surface area contributed by atoms with Gasteiger partial charge in [-0.05, 0) is 0 Å². The Kier molecular flexibility index (Phi) is 38.0. The standard InChI is InChI=1S/3C12H25.C6H13.Sn/c3*1-3-5-7-9-11-12-10-8-6-4-2;1-3-5-6-4-2;/h3*1,3-12H2,2H3;1,3-6H2,2H3;. The van der Waals surface area contributed by atoms with E-state index in [4.69, 9.17) is 0 Å². The van der Waals surface area contributed by atoms with Gasteiger partial charge in [-0.15, -0.1) is 0 Å². The monoisotopic (exact) mass is 713 g/mol. The Bertz CT molecular complexity index is 425. The molecule has 0 nitrogen and oxygen atoms in total. The fraction of sp³-hybridized carbons (Fsp3) is 1.00. The van der Waals surface area contributed by atoms with E-state index in [-0.39, 0.29) is 0 Å². The first-order valence-electron chi connectivity index (χ1n) is 21.2. The second-order valence-electron chi connectivity index (χ2n) is 15.1. The van der Waals surface area contributed by atoms with E-state index in [1.54, 1.807) is 62.7 Å². The van der Waals surface area contributed by atoms with E-state index in [2.05, 4.69) is 27.7 Å². The average Bonchev–Trinajstić information content (AvgIpc) is 3.02. The van der Waals surface area contributed by atoms with Crippen molar-refractivity contribution in [3.8, 4) is 0 Å². The van der Waals surface area contributed by atoms with E-state index < -0.39 is 18.4 Å². The van der Waals surface area contributed by atoms with E-state index >= 15 is 0 Å². The summed E-state index contributed by atoms with van der Waals surface area (Å²) in [6, 6.07) is 0. The summed E-state index contributed by atoms with van der Waals surface area (Å²) in [7, 11) is 0. The molecule has 0 heterocycles. The van der Waals surface area contributed by atoms with Gasteiger partial charge in [0, 0.05) is 0 Å². The average molecular weight is 712 g/mol. The molecule has 43 heavy (non-hydrogen) atoms. The van der Waals surface area contributed by atoms with Crippen LogP contribution in [0.15, 0.2) is 0 Å². The molecule has 0 radical (unpaired) electrons. The molecule has 0 aliphatic heterocycles. The molecule has 0 rings (SSSR count). The molecule has 0 fully saturated rings. The van der Waals surface area contributed by atoms with Gasteiger partial charge in [0.25, 0.3) is 0 Å². The summed E-state index contributed by atoms with van der Waals surface area (Å²) in [5, 5.41) is 0. The molecule has 0 N–H and O–H groups in total. The Balaban J connectivity index is 4.66. The summed E-state index contributed by atoms with van der Waals surface area (Å²) in [4.78, 5) is 0. The molecule has 0 atom stereocenters. The fourth-order valence-electron chi connectivity index (χ4n) is 7.64. The maximum absolute atomic E-state index is 2.40. The molecule has 260 valence electrons. The van der Waals surface area contributed by atoms with Crippen molar-refractivity contribution in [2.45, 2.75) is 264 Å². The Morgan fingerprint density at radius 1 is 0.186 bits per heavy atom. The molecule has 0 aromatic rings. The van der Waals surface area contributed by atoms with Crippen LogP contribution in [0.25, 0.3) is 0 Å². The molecule has 0 aliphatic carbocycles. The van der Waals surface area contributed by atoms with Gasteiger partial charge in [0.1, 0.15) is 0 Å². The van der Waals surface area contributed by atoms with Crippen molar-refractivity contribution in [3.05, 3.63) is 0 Å². The Morgan fingerprint density at radius 3 is 0.512 bits per heavy atom. The van der Waals surface area contributed by atoms with Crippen molar-refractivity contribution in [2.75, 3.05) is 0 Å². The quantitative estimate of drug-likeness (QED) is 0.0442. The first-order chi connectivity index (χ1) is 21.2. The van der Waals surface area contributed by atoms with Crippen LogP contribution in [-0.4, -0.2) is 18.4 Å². The molecular weight excluding hydrogens is 623 g/mol. The van der Waals surface area contributed by atoms with Gasteiger partial charge in [-0.25, -0.2) is 0 Å². The van der Waals surface area contributed by atoms with Crippen LogP contribution in [0, 0.1) is 0 Å². The predicted molar refractivity (Wildman–Crippen MR) is 205 cm³/mol. The molecule has 0 aromatic heterocycles. The van der Waals surface area contributed by atoms with E-state index in [0.29, 0.717) is 0 Å². The molecule has 0 aromatic carbocycles. The molecule has 0 aliphatic rings. The zero-order valence-corrected chi connectivity index (χ0v) is 34.2. The Hall–Kier alpha value is 0.799. The van der Waals surface area contributed by atoms with Gasteiger partial charge in [-0.1, -0.05) is 0 Å². The van der Waals surface area contributed by atoms with E-state index in [1.807, 2.05) is 0 Å². The van der Waals surface area contributed by atoms with Gasteiger partial charge < -0.3 is 0 Å². The van der Waals surface area contributed by atoms with E-state index in [1.165, 1.54) is 173 Å². The third-order valence-electron chi connectivity index (χ3n) is 10.7. The first-order valence-corrected chi connectivity index (χ1v) is 29.3. The molecule has 0 bridgehead atoms. The fourth-order valence-corrected chi connectivity index (χ4v) is 23.3. The number of rotatable bonds is 38. The summed E-state index contributed by atoms with van der Waals surface area (Å²) in [6.07, 6.45) is 51.0. The molecule has 0 unspecified atom stereocenters. The second-order valence-corrected chi connectivity index (χ2v) is 29.4. The maximum atomic E-state index is 2.40. The molecular formula is C42H88Sn. The van der Waals surface area contributed by atoms with Crippen molar-refractivity contribution in [3.63, 3.8) is 0 Å². The summed E-state index contributed by atoms with van der Waals surface area (Å²) in [5.41, 5.74) is 0. The van der Waals surface area contributed by atoms with E-state index in [9.17, 15) is 0 Å². The van der Waals surface area contributed by atoms with Gasteiger partial charge in [-0.3, -0.25) is 0 Å². The minimum absolute atomic E-state index is 1.38. The minimum atomic E-state index is -2.03. The van der Waals surface area contributed by atoms with Crippen molar-refractivity contribution >= 4 is 18.4 Å². The molecule has 0 spiro atoms. The van der Waals surface area contributed by atoms with Crippen LogP contribution in [0.4, 0.5) is 0 Å². The third kappa shape index (κ3) is 32.5. The first kappa shape index (κ1) is 43.8. The Labute approximate surface area is 280 Å². The number of unbranched alkanes of at least 4 members (excludes halogenated alkanes) is 30. The SMILES string of the molecule is CCCCCCCCCCC[CH2][Sn]([CH2]CCCCC)([CH2]CCCCCCCCCCC)[CH2]CCCCCCCCCCC. The number of hydrogen-bond acceptors (Lipinski definition) is 0. The van der Waals surface area contributed by atoms with Gasteiger partial charge in [-0.2, -0.15) is 0 Å². The summed E-state index contributed by atoms with van der Waals surface area (Å²) >= 11 is -2.03. The Morgan fingerprint density at radius 2 is 0.326 bits per heavy atom. The van der Waals surface area contributed by atoms with Crippen LogP contribution in [0.2, 0.25) is 17.7 Å². The van der Waals surface area contributed by atoms with E-state index in [0.717, 1.165) is 0 Å². The topological polar surface area (TPSA) is 0 Å². The van der Waals surface area contributed by atoms with Crippen molar-refractivity contribution in [2.24, 2.45) is 0 Å². The van der Waals surface area contributed by atoms with Crippen molar-refractivity contribution < 1.29 is 0 Å². The van der Waals surface area contributed by atoms with Crippen molar-refractivity contribution in [1.82, 2.24) is 0 Å². The molecule has 0 saturated carbocycles. The normalized spacial score (nSPS) is 12.0. The molecule has 0 amide bonds. The van der Waals surface area contributed by atoms with Gasteiger partial charge in [0.15, 0.2) is 0 Å². The zero-order chi connectivity index (χ0) is 31.4. The zero-order valence-electron chi connectivity index (χ0n) is 31.4. The molecule has 1 heteroatoms. The summed E-state index contributed by atoms with van der Waals surface area (Å²) < 4.78 is 7.02. The van der Waals surface area contributed by atoms with Crippen LogP contribution in [0.1, 0.15) is 246 Å². The predicted octanol–water partition coefficient (Wildman–Crippen LogP) is 16.8. The van der Waals surface area contributed by atoms with Gasteiger partial charge in [0.05, 0.1) is 0 Å². The summed E-state index contributed by atoms with van der Waals surface area (Å²) in [5.74, 6) is 0. The van der Waals surface area contributed by atoms with Gasteiger partial charge in [0.2, 0.25) is 0 Å². The van der Waals surface area contributed by atoms with Crippen LogP contribution in [0.5, 0.6) is 0 Å². The van der Waals surface area contributed by atoms with Crippen LogP contribution >= 0.6 is 0 Å².